The molecule has 182 valence electrons. The standard InChI is InChI=1S/C18H34N8O6/c1-9(2)6-12(17(31)32)26-16(30)11(7-13(20)27)25-15(29)10(24-14(28)8-19)4-3-5-23-18(21)22/h9-12H,3-8,19H2,1-2H3,(H2,20,27)(H,24,28)(H,25,29)(H,26,30)(H,31,32)(H4,21,22,23). The number of aliphatic carboxylic acids is 1. The van der Waals surface area contributed by atoms with Gasteiger partial charge in [-0.2, -0.15) is 0 Å². The summed E-state index contributed by atoms with van der Waals surface area (Å²) in [5.74, 6) is -4.62. The van der Waals surface area contributed by atoms with E-state index in [9.17, 15) is 29.1 Å². The number of nitrogens with zero attached hydrogens (tertiary/aromatic N) is 1. The number of aliphatic imine (C=N–C) groups is 1. The van der Waals surface area contributed by atoms with Crippen LogP contribution in [0, 0.1) is 5.92 Å². The molecule has 3 unspecified atom stereocenters. The Morgan fingerprint density at radius 2 is 1.47 bits per heavy atom. The van der Waals surface area contributed by atoms with Gasteiger partial charge < -0.3 is 44.0 Å². The van der Waals surface area contributed by atoms with E-state index in [0.717, 1.165) is 0 Å². The molecule has 14 nitrogen and oxygen atoms in total. The first-order chi connectivity index (χ1) is 14.9. The third-order valence-electron chi connectivity index (χ3n) is 4.14. The lowest BCUT2D eigenvalue weighted by Crippen LogP contribution is -2.57. The molecule has 0 aliphatic carbocycles. The molecule has 12 N–H and O–H groups in total. The van der Waals surface area contributed by atoms with Crippen LogP contribution in [0.25, 0.3) is 0 Å². The lowest BCUT2D eigenvalue weighted by Gasteiger charge is -2.24. The quantitative estimate of drug-likeness (QED) is 0.0685. The van der Waals surface area contributed by atoms with Gasteiger partial charge in [-0.15, -0.1) is 0 Å². The number of guanidine groups is 1. The van der Waals surface area contributed by atoms with E-state index in [1.165, 1.54) is 0 Å². The maximum atomic E-state index is 12.7. The van der Waals surface area contributed by atoms with E-state index in [1.807, 2.05) is 0 Å². The maximum absolute atomic E-state index is 12.7. The van der Waals surface area contributed by atoms with E-state index < -0.39 is 54.1 Å². The number of nitrogens with two attached hydrogens (primary N) is 4. The summed E-state index contributed by atoms with van der Waals surface area (Å²) in [7, 11) is 0. The van der Waals surface area contributed by atoms with Gasteiger partial charge >= 0.3 is 5.97 Å². The van der Waals surface area contributed by atoms with Gasteiger partial charge in [0.15, 0.2) is 5.96 Å². The number of hydrogen-bond acceptors (Lipinski definition) is 7. The number of nitrogens with one attached hydrogen (secondary N) is 3. The molecule has 0 rings (SSSR count). The molecule has 0 aliphatic rings. The first-order valence-corrected chi connectivity index (χ1v) is 10.0. The van der Waals surface area contributed by atoms with Crippen molar-refractivity contribution in [3.63, 3.8) is 0 Å². The summed E-state index contributed by atoms with van der Waals surface area (Å²) in [6, 6.07) is -3.76. The molecule has 0 heterocycles. The van der Waals surface area contributed by atoms with E-state index in [1.54, 1.807) is 13.8 Å². The second-order valence-electron chi connectivity index (χ2n) is 7.53. The predicted octanol–water partition coefficient (Wildman–Crippen LogP) is -3.54. The van der Waals surface area contributed by atoms with Crippen molar-refractivity contribution in [3.05, 3.63) is 0 Å². The number of carboxylic acids is 1. The molecule has 14 heteroatoms. The van der Waals surface area contributed by atoms with Crippen LogP contribution in [0.15, 0.2) is 4.99 Å². The van der Waals surface area contributed by atoms with E-state index in [0.29, 0.717) is 6.42 Å². The Labute approximate surface area is 185 Å². The van der Waals surface area contributed by atoms with E-state index >= 15 is 0 Å². The summed E-state index contributed by atoms with van der Waals surface area (Å²) in [6.45, 7) is 3.36. The Bertz CT molecular complexity index is 708. The Morgan fingerprint density at radius 3 is 1.94 bits per heavy atom. The fourth-order valence-electron chi connectivity index (χ4n) is 2.67. The van der Waals surface area contributed by atoms with Gasteiger partial charge in [0, 0.05) is 6.54 Å². The molecule has 0 bridgehead atoms. The minimum absolute atomic E-state index is 0.0401. The summed E-state index contributed by atoms with van der Waals surface area (Å²) in [6.07, 6.45) is -0.0250. The molecule has 0 aromatic rings. The lowest BCUT2D eigenvalue weighted by atomic mass is 10.0. The molecular weight excluding hydrogens is 424 g/mol. The molecule has 0 saturated carbocycles. The Balaban J connectivity index is 5.40. The molecule has 0 radical (unpaired) electrons. The number of rotatable bonds is 15. The first kappa shape index (κ1) is 28.6. The van der Waals surface area contributed by atoms with Crippen molar-refractivity contribution in [3.8, 4) is 0 Å². The number of amides is 4. The zero-order valence-electron chi connectivity index (χ0n) is 18.3. The zero-order chi connectivity index (χ0) is 24.8. The number of carbonyl (C=O) groups excluding carboxylic acids is 4. The molecule has 3 atom stereocenters. The summed E-state index contributed by atoms with van der Waals surface area (Å²) >= 11 is 0. The van der Waals surface area contributed by atoms with Crippen LogP contribution in [0.3, 0.4) is 0 Å². The highest BCUT2D eigenvalue weighted by atomic mass is 16.4. The Hall–Kier alpha value is -3.42. The SMILES string of the molecule is CC(C)CC(NC(=O)C(CC(N)=O)NC(=O)C(CCCN=C(N)N)NC(=O)CN)C(=O)O. The van der Waals surface area contributed by atoms with Crippen molar-refractivity contribution in [1.29, 1.82) is 0 Å². The van der Waals surface area contributed by atoms with Crippen molar-refractivity contribution in [2.75, 3.05) is 13.1 Å². The smallest absolute Gasteiger partial charge is 0.326 e. The van der Waals surface area contributed by atoms with Gasteiger partial charge in [-0.3, -0.25) is 24.2 Å². The molecule has 0 aromatic heterocycles. The van der Waals surface area contributed by atoms with Crippen molar-refractivity contribution in [2.45, 2.75) is 57.7 Å². The monoisotopic (exact) mass is 458 g/mol. The minimum atomic E-state index is -1.44. The maximum Gasteiger partial charge on any atom is 0.326 e. The molecule has 0 spiro atoms. The molecule has 0 aliphatic heterocycles. The summed E-state index contributed by atoms with van der Waals surface area (Å²) in [4.78, 5) is 63.6. The lowest BCUT2D eigenvalue weighted by molar-refractivity contribution is -0.143. The highest BCUT2D eigenvalue weighted by Gasteiger charge is 2.30. The van der Waals surface area contributed by atoms with Crippen LogP contribution >= 0.6 is 0 Å². The predicted molar refractivity (Wildman–Crippen MR) is 116 cm³/mol. The summed E-state index contributed by atoms with van der Waals surface area (Å²) in [5, 5.41) is 16.4. The summed E-state index contributed by atoms with van der Waals surface area (Å²) in [5.41, 5.74) is 20.9. The molecule has 0 saturated heterocycles. The van der Waals surface area contributed by atoms with Crippen LogP contribution in [0.5, 0.6) is 0 Å². The highest BCUT2D eigenvalue weighted by molar-refractivity contribution is 5.95. The van der Waals surface area contributed by atoms with Crippen LogP contribution in [-0.2, 0) is 24.0 Å². The minimum Gasteiger partial charge on any atom is -0.480 e. The highest BCUT2D eigenvalue weighted by Crippen LogP contribution is 2.07. The van der Waals surface area contributed by atoms with Gasteiger partial charge in [0.2, 0.25) is 23.6 Å². The average Bonchev–Trinajstić information content (AvgIpc) is 2.67. The first-order valence-electron chi connectivity index (χ1n) is 10.0. The third kappa shape index (κ3) is 12.3. The Kier molecular flexibility index (Phi) is 13.0. The van der Waals surface area contributed by atoms with Gasteiger partial charge in [0.25, 0.3) is 0 Å². The van der Waals surface area contributed by atoms with E-state index in [-0.39, 0.29) is 37.8 Å². The number of hydrogen-bond donors (Lipinski definition) is 8. The molecule has 0 aromatic carbocycles. The number of primary amides is 1. The molecule has 4 amide bonds. The average molecular weight is 459 g/mol. The number of carbonyl (C=O) groups is 5. The van der Waals surface area contributed by atoms with Crippen molar-refractivity contribution in [1.82, 2.24) is 16.0 Å². The summed E-state index contributed by atoms with van der Waals surface area (Å²) < 4.78 is 0. The third-order valence-corrected chi connectivity index (χ3v) is 4.14. The normalized spacial score (nSPS) is 13.4. The number of carboxylic acid groups (broad SMARTS) is 1. The largest absolute Gasteiger partial charge is 0.480 e. The Morgan fingerprint density at radius 1 is 0.906 bits per heavy atom. The van der Waals surface area contributed by atoms with Gasteiger partial charge in [0.05, 0.1) is 13.0 Å². The molecular formula is C18H34N8O6. The van der Waals surface area contributed by atoms with Crippen LogP contribution in [0.4, 0.5) is 0 Å². The van der Waals surface area contributed by atoms with Gasteiger partial charge in [-0.25, -0.2) is 4.79 Å². The van der Waals surface area contributed by atoms with Gasteiger partial charge in [-0.05, 0) is 25.2 Å². The van der Waals surface area contributed by atoms with Crippen molar-refractivity contribution >= 4 is 35.6 Å². The van der Waals surface area contributed by atoms with Crippen LogP contribution in [-0.4, -0.2) is 71.9 Å². The van der Waals surface area contributed by atoms with Crippen LogP contribution in [0.1, 0.15) is 39.5 Å². The molecule has 0 fully saturated rings. The second-order valence-corrected chi connectivity index (χ2v) is 7.53. The van der Waals surface area contributed by atoms with Gasteiger partial charge in [-0.1, -0.05) is 13.8 Å². The van der Waals surface area contributed by atoms with Crippen LogP contribution in [0.2, 0.25) is 0 Å². The fourth-order valence-corrected chi connectivity index (χ4v) is 2.67. The van der Waals surface area contributed by atoms with Gasteiger partial charge in [0.1, 0.15) is 18.1 Å². The van der Waals surface area contributed by atoms with Crippen molar-refractivity contribution in [2.24, 2.45) is 33.8 Å². The topological polar surface area (TPSA) is 258 Å². The van der Waals surface area contributed by atoms with Crippen LogP contribution < -0.4 is 38.9 Å². The second kappa shape index (κ2) is 14.6. The fraction of sp³-hybridized carbons (Fsp3) is 0.667. The zero-order valence-corrected chi connectivity index (χ0v) is 18.3. The van der Waals surface area contributed by atoms with E-state index in [2.05, 4.69) is 20.9 Å². The molecule has 32 heavy (non-hydrogen) atoms. The van der Waals surface area contributed by atoms with E-state index in [4.69, 9.17) is 22.9 Å². The van der Waals surface area contributed by atoms with Crippen molar-refractivity contribution < 1.29 is 29.1 Å².